The Kier molecular flexibility index (Phi) is 4.35. The Bertz CT molecular complexity index is 503. The van der Waals surface area contributed by atoms with E-state index < -0.39 is 12.2 Å². The van der Waals surface area contributed by atoms with Crippen molar-refractivity contribution in [2.45, 2.75) is 32.0 Å². The number of benzene rings is 2. The maximum Gasteiger partial charge on any atom is 0.109 e. The van der Waals surface area contributed by atoms with E-state index in [1.165, 1.54) is 5.56 Å². The zero-order valence-electron chi connectivity index (χ0n) is 11.3. The van der Waals surface area contributed by atoms with E-state index in [1.54, 1.807) is 0 Å². The Morgan fingerprint density at radius 2 is 1.05 bits per heavy atom. The molecule has 0 spiro atoms. The smallest absolute Gasteiger partial charge is 0.109 e. The van der Waals surface area contributed by atoms with Crippen molar-refractivity contribution in [2.75, 3.05) is 0 Å². The molecule has 2 N–H and O–H groups in total. The summed E-state index contributed by atoms with van der Waals surface area (Å²) in [6.07, 6.45) is -1.80. The molecule has 19 heavy (non-hydrogen) atoms. The summed E-state index contributed by atoms with van der Waals surface area (Å²) in [4.78, 5) is 0. The SMILES string of the molecule is CC(C)c1ccc(C(O)C(O)c2ccccc2)cc1. The molecule has 0 saturated carbocycles. The predicted molar refractivity (Wildman–Crippen MR) is 76.9 cm³/mol. The van der Waals surface area contributed by atoms with Crippen LogP contribution in [0.2, 0.25) is 0 Å². The van der Waals surface area contributed by atoms with Gasteiger partial charge >= 0.3 is 0 Å². The van der Waals surface area contributed by atoms with Crippen LogP contribution in [0.15, 0.2) is 54.6 Å². The highest BCUT2D eigenvalue weighted by Gasteiger charge is 2.19. The second-order valence-electron chi connectivity index (χ2n) is 5.12. The van der Waals surface area contributed by atoms with Gasteiger partial charge in [0.1, 0.15) is 12.2 Å². The fraction of sp³-hybridized carbons (Fsp3) is 0.294. The minimum absolute atomic E-state index is 0.463. The van der Waals surface area contributed by atoms with Gasteiger partial charge in [-0.2, -0.15) is 0 Å². The van der Waals surface area contributed by atoms with Crippen LogP contribution in [0, 0.1) is 0 Å². The molecule has 0 aliphatic carbocycles. The van der Waals surface area contributed by atoms with E-state index in [4.69, 9.17) is 0 Å². The molecule has 0 amide bonds. The lowest BCUT2D eigenvalue weighted by atomic mass is 9.95. The van der Waals surface area contributed by atoms with Crippen molar-refractivity contribution in [1.29, 1.82) is 0 Å². The van der Waals surface area contributed by atoms with E-state index in [-0.39, 0.29) is 0 Å². The van der Waals surface area contributed by atoms with Crippen molar-refractivity contribution in [3.63, 3.8) is 0 Å². The van der Waals surface area contributed by atoms with Crippen molar-refractivity contribution in [3.05, 3.63) is 71.3 Å². The highest BCUT2D eigenvalue weighted by molar-refractivity contribution is 5.29. The van der Waals surface area contributed by atoms with Gasteiger partial charge in [0.2, 0.25) is 0 Å². The van der Waals surface area contributed by atoms with Crippen molar-refractivity contribution >= 4 is 0 Å². The normalized spacial score (nSPS) is 14.4. The second-order valence-corrected chi connectivity index (χ2v) is 5.12. The first kappa shape index (κ1) is 13.8. The molecule has 0 aromatic heterocycles. The maximum absolute atomic E-state index is 10.2. The van der Waals surface area contributed by atoms with Crippen molar-refractivity contribution < 1.29 is 10.2 Å². The molecule has 100 valence electrons. The van der Waals surface area contributed by atoms with Gasteiger partial charge in [-0.1, -0.05) is 68.4 Å². The van der Waals surface area contributed by atoms with Gasteiger partial charge in [-0.25, -0.2) is 0 Å². The molecule has 0 bridgehead atoms. The van der Waals surface area contributed by atoms with E-state index >= 15 is 0 Å². The average molecular weight is 256 g/mol. The molecule has 2 rings (SSSR count). The highest BCUT2D eigenvalue weighted by Crippen LogP contribution is 2.29. The highest BCUT2D eigenvalue weighted by atomic mass is 16.3. The van der Waals surface area contributed by atoms with Gasteiger partial charge in [0.05, 0.1) is 0 Å². The van der Waals surface area contributed by atoms with Gasteiger partial charge in [0.15, 0.2) is 0 Å². The first-order chi connectivity index (χ1) is 9.09. The van der Waals surface area contributed by atoms with Crippen LogP contribution in [0.25, 0.3) is 0 Å². The fourth-order valence-corrected chi connectivity index (χ4v) is 2.09. The lowest BCUT2D eigenvalue weighted by molar-refractivity contribution is 0.0172. The summed E-state index contributed by atoms with van der Waals surface area (Å²) in [5, 5.41) is 20.4. The summed E-state index contributed by atoms with van der Waals surface area (Å²) in [5.74, 6) is 0.463. The van der Waals surface area contributed by atoms with Gasteiger partial charge in [-0.15, -0.1) is 0 Å². The summed E-state index contributed by atoms with van der Waals surface area (Å²) < 4.78 is 0. The summed E-state index contributed by atoms with van der Waals surface area (Å²) >= 11 is 0. The van der Waals surface area contributed by atoms with E-state index in [0.717, 1.165) is 11.1 Å². The number of aliphatic hydroxyl groups excluding tert-OH is 2. The van der Waals surface area contributed by atoms with Crippen LogP contribution in [0.1, 0.15) is 48.7 Å². The first-order valence-corrected chi connectivity index (χ1v) is 6.60. The van der Waals surface area contributed by atoms with Crippen molar-refractivity contribution in [1.82, 2.24) is 0 Å². The van der Waals surface area contributed by atoms with Gasteiger partial charge in [0, 0.05) is 0 Å². The van der Waals surface area contributed by atoms with Crippen LogP contribution in [0.5, 0.6) is 0 Å². The Labute approximate surface area is 114 Å². The third-order valence-electron chi connectivity index (χ3n) is 3.38. The van der Waals surface area contributed by atoms with Crippen molar-refractivity contribution in [2.24, 2.45) is 0 Å². The number of hydrogen-bond acceptors (Lipinski definition) is 2. The maximum atomic E-state index is 10.2. The molecule has 0 saturated heterocycles. The zero-order valence-corrected chi connectivity index (χ0v) is 11.3. The Morgan fingerprint density at radius 1 is 0.632 bits per heavy atom. The number of rotatable bonds is 4. The lowest BCUT2D eigenvalue weighted by Crippen LogP contribution is -2.10. The van der Waals surface area contributed by atoms with Crippen molar-refractivity contribution in [3.8, 4) is 0 Å². The molecular weight excluding hydrogens is 236 g/mol. The molecule has 2 atom stereocenters. The van der Waals surface area contributed by atoms with Crippen LogP contribution < -0.4 is 0 Å². The van der Waals surface area contributed by atoms with Crippen LogP contribution in [0.3, 0.4) is 0 Å². The van der Waals surface area contributed by atoms with Gasteiger partial charge < -0.3 is 10.2 Å². The fourth-order valence-electron chi connectivity index (χ4n) is 2.09. The lowest BCUT2D eigenvalue weighted by Gasteiger charge is -2.19. The topological polar surface area (TPSA) is 40.5 Å². The van der Waals surface area contributed by atoms with Gasteiger partial charge in [-0.05, 0) is 22.6 Å². The molecule has 0 aliphatic heterocycles. The summed E-state index contributed by atoms with van der Waals surface area (Å²) in [5.41, 5.74) is 2.69. The molecule has 0 radical (unpaired) electrons. The molecule has 0 heterocycles. The third-order valence-corrected chi connectivity index (χ3v) is 3.38. The number of aliphatic hydroxyl groups is 2. The standard InChI is InChI=1S/C17H20O2/c1-12(2)13-8-10-15(11-9-13)17(19)16(18)14-6-4-3-5-7-14/h3-12,16-19H,1-2H3. The largest absolute Gasteiger partial charge is 0.385 e. The number of hydrogen-bond donors (Lipinski definition) is 2. The summed E-state index contributed by atoms with van der Waals surface area (Å²) in [6.45, 7) is 4.26. The molecule has 2 aromatic rings. The van der Waals surface area contributed by atoms with E-state index in [9.17, 15) is 10.2 Å². The van der Waals surface area contributed by atoms with Gasteiger partial charge in [-0.3, -0.25) is 0 Å². The average Bonchev–Trinajstić information content (AvgIpc) is 2.46. The van der Waals surface area contributed by atoms with E-state index in [2.05, 4.69) is 13.8 Å². The van der Waals surface area contributed by atoms with Gasteiger partial charge in [0.25, 0.3) is 0 Å². The Hall–Kier alpha value is -1.64. The molecule has 2 unspecified atom stereocenters. The van der Waals surface area contributed by atoms with E-state index in [1.807, 2.05) is 54.6 Å². The van der Waals surface area contributed by atoms with Crippen LogP contribution in [-0.2, 0) is 0 Å². The third kappa shape index (κ3) is 3.22. The molecule has 0 fully saturated rings. The molecule has 2 nitrogen and oxygen atoms in total. The van der Waals surface area contributed by atoms with E-state index in [0.29, 0.717) is 5.92 Å². The van der Waals surface area contributed by atoms with Crippen LogP contribution in [0.4, 0.5) is 0 Å². The van der Waals surface area contributed by atoms with Crippen LogP contribution in [-0.4, -0.2) is 10.2 Å². The quantitative estimate of drug-likeness (QED) is 0.877. The molecule has 2 heteroatoms. The molecule has 2 aromatic carbocycles. The van der Waals surface area contributed by atoms with Crippen LogP contribution >= 0.6 is 0 Å². The second kappa shape index (κ2) is 6.00. The summed E-state index contributed by atoms with van der Waals surface area (Å²) in [7, 11) is 0. The summed E-state index contributed by atoms with van der Waals surface area (Å²) in [6, 6.07) is 17.0. The monoisotopic (exact) mass is 256 g/mol. The Balaban J connectivity index is 2.17. The first-order valence-electron chi connectivity index (χ1n) is 6.60. The minimum Gasteiger partial charge on any atom is -0.385 e. The Morgan fingerprint density at radius 3 is 1.53 bits per heavy atom. The molecule has 0 aliphatic rings. The zero-order chi connectivity index (χ0) is 13.8. The molecular formula is C17H20O2. The predicted octanol–water partition coefficient (Wildman–Crippen LogP) is 3.58. The minimum atomic E-state index is -0.899.